The number of fused-ring (bicyclic) bond motifs is 1. The number of Topliss-reactive ketones (excluding diaryl/α,β-unsaturated/α-hetero) is 1. The zero-order valence-corrected chi connectivity index (χ0v) is 36.1. The average Bonchev–Trinajstić information content (AvgIpc) is 3.86. The number of nitrogens with one attached hydrogen (secondary N) is 4. The van der Waals surface area contributed by atoms with Crippen molar-refractivity contribution in [2.75, 3.05) is 6.54 Å². The van der Waals surface area contributed by atoms with Gasteiger partial charge >= 0.3 is 6.03 Å². The van der Waals surface area contributed by atoms with E-state index in [1.807, 2.05) is 60.9 Å². The number of hydrogen-bond donors (Lipinski definition) is 5. The van der Waals surface area contributed by atoms with Gasteiger partial charge in [0.2, 0.25) is 5.91 Å². The Labute approximate surface area is 360 Å². The monoisotopic (exact) mass is 816 g/mol. The summed E-state index contributed by atoms with van der Waals surface area (Å²) in [4.78, 5) is 44.1. The second kappa shape index (κ2) is 24.7. The van der Waals surface area contributed by atoms with Crippen LogP contribution in [0.3, 0.4) is 0 Å². The summed E-state index contributed by atoms with van der Waals surface area (Å²) in [6, 6.07) is 6.84. The Hall–Kier alpha value is -4.43. The topological polar surface area (TPSA) is 129 Å². The highest BCUT2D eigenvalue weighted by atomic mass is 16.2. The normalized spacial score (nSPS) is 28.0. The number of H-pyrrole nitrogens is 1. The minimum absolute atomic E-state index is 0.108. The van der Waals surface area contributed by atoms with Gasteiger partial charge in [0, 0.05) is 35.6 Å². The van der Waals surface area contributed by atoms with E-state index >= 15 is 0 Å². The maximum absolute atomic E-state index is 14.6. The van der Waals surface area contributed by atoms with E-state index in [-0.39, 0.29) is 23.7 Å². The number of urea groups is 1. The summed E-state index contributed by atoms with van der Waals surface area (Å²) in [6.07, 6.45) is 48.2. The third kappa shape index (κ3) is 14.6. The van der Waals surface area contributed by atoms with Gasteiger partial charge < -0.3 is 26.7 Å². The van der Waals surface area contributed by atoms with Gasteiger partial charge in [-0.2, -0.15) is 0 Å². The van der Waals surface area contributed by atoms with Crippen molar-refractivity contribution >= 4 is 28.6 Å². The fraction of sp³-hybridized carbons (Fsp3) is 0.558. The van der Waals surface area contributed by atoms with Gasteiger partial charge in [0.15, 0.2) is 5.78 Å². The molecule has 0 aliphatic heterocycles. The van der Waals surface area contributed by atoms with Gasteiger partial charge in [-0.15, -0.1) is 0 Å². The summed E-state index contributed by atoms with van der Waals surface area (Å²) in [6.45, 7) is 0.358. The van der Waals surface area contributed by atoms with Crippen molar-refractivity contribution in [2.45, 2.75) is 153 Å². The molecule has 4 aliphatic carbocycles. The third-order valence-corrected chi connectivity index (χ3v) is 13.7. The predicted octanol–water partition coefficient (Wildman–Crippen LogP) is 10.8. The number of benzene rings is 1. The fourth-order valence-electron chi connectivity index (χ4n) is 10.4. The van der Waals surface area contributed by atoms with Crippen molar-refractivity contribution < 1.29 is 14.4 Å². The van der Waals surface area contributed by atoms with Crippen molar-refractivity contribution in [3.63, 3.8) is 0 Å². The Bertz CT molecular complexity index is 1830. The molecular weight excluding hydrogens is 743 g/mol. The first-order chi connectivity index (χ1) is 29.4. The molecule has 0 bridgehead atoms. The SMILES string of the molecule is NC(=O)NCCC[C@H](NC(=O)[C@H](Cc1c[nH]c2ccccc12)NC1CCC(CC2CCCCCCCCCC2)C1)C(=O)C1CCC(C2=C/C=C\C=C/C=C\C=C/C=C\2)CC1. The van der Waals surface area contributed by atoms with E-state index in [0.29, 0.717) is 37.6 Å². The molecule has 8 heteroatoms. The minimum atomic E-state index is -0.637. The van der Waals surface area contributed by atoms with Gasteiger partial charge in [-0.3, -0.25) is 9.59 Å². The van der Waals surface area contributed by atoms with Crippen LogP contribution >= 0.6 is 0 Å². The Balaban J connectivity index is 1.13. The smallest absolute Gasteiger partial charge is 0.312 e. The largest absolute Gasteiger partial charge is 0.361 e. The number of aromatic amines is 1. The lowest BCUT2D eigenvalue weighted by molar-refractivity contribution is -0.132. The molecule has 4 atom stereocenters. The standard InChI is InChI=1S/C52H73N5O3/c53-52(60)54-34-20-27-48(50(58)43-31-29-42(30-32-43)41-23-16-12-8-2-1-3-9-13-17-24-41)57-51(59)49(37-44-38-55-47-26-19-18-25-46(44)47)56-45-33-28-40(36-45)35-39-21-14-10-6-4-5-7-11-15-22-39/h1-3,8-9,12-13,16-19,23-26,38-40,42-43,45,48-49,55-56H,4-7,10-11,14-15,20-22,27-37H2,(H,57,59)(H3,53,54,60)/b2-1-,3-1?,8-2?,9-3-,12-8-,13-9?,16-12?,17-13-,23-16-,24-17?,41-23?,41-24+/t40?,42?,43?,45?,48-,49-/m0/s1. The number of primary amides is 1. The number of nitrogens with two attached hydrogens (primary N) is 1. The Morgan fingerprint density at radius 2 is 1.38 bits per heavy atom. The molecule has 324 valence electrons. The van der Waals surface area contributed by atoms with Crippen LogP contribution in [-0.2, 0) is 16.0 Å². The predicted molar refractivity (Wildman–Crippen MR) is 247 cm³/mol. The number of para-hydroxylation sites is 1. The lowest BCUT2D eigenvalue weighted by Crippen LogP contribution is -2.54. The molecule has 6 N–H and O–H groups in total. The molecule has 3 saturated carbocycles. The number of aromatic nitrogens is 1. The second-order valence-electron chi connectivity index (χ2n) is 18.2. The number of allylic oxidation sites excluding steroid dienone is 12. The molecule has 60 heavy (non-hydrogen) atoms. The van der Waals surface area contributed by atoms with Crippen molar-refractivity contribution in [2.24, 2.45) is 29.4 Å². The van der Waals surface area contributed by atoms with E-state index in [4.69, 9.17) is 5.73 Å². The van der Waals surface area contributed by atoms with E-state index in [2.05, 4.69) is 57.4 Å². The summed E-state index contributed by atoms with van der Waals surface area (Å²) in [5.74, 6) is 1.74. The first-order valence-corrected chi connectivity index (χ1v) is 23.7. The summed E-state index contributed by atoms with van der Waals surface area (Å²) in [5, 5.41) is 11.0. The van der Waals surface area contributed by atoms with E-state index in [1.54, 1.807) is 0 Å². The van der Waals surface area contributed by atoms with Gasteiger partial charge in [-0.25, -0.2) is 4.79 Å². The zero-order chi connectivity index (χ0) is 41.8. The van der Waals surface area contributed by atoms with E-state index in [9.17, 15) is 14.4 Å². The number of carbonyl (C=O) groups excluding carboxylic acids is 3. The molecule has 8 nitrogen and oxygen atoms in total. The fourth-order valence-corrected chi connectivity index (χ4v) is 10.4. The molecule has 2 unspecified atom stereocenters. The maximum Gasteiger partial charge on any atom is 0.312 e. The molecule has 1 aromatic carbocycles. The Kier molecular flexibility index (Phi) is 18.6. The molecule has 3 amide bonds. The molecule has 1 heterocycles. The van der Waals surface area contributed by atoms with Crippen LogP contribution in [-0.4, -0.2) is 47.4 Å². The molecule has 6 rings (SSSR count). The summed E-state index contributed by atoms with van der Waals surface area (Å²) < 4.78 is 0. The van der Waals surface area contributed by atoms with Gasteiger partial charge in [-0.1, -0.05) is 149 Å². The van der Waals surface area contributed by atoms with Crippen molar-refractivity contribution in [3.05, 3.63) is 108 Å². The molecule has 0 radical (unpaired) electrons. The minimum Gasteiger partial charge on any atom is -0.361 e. The molecule has 1 aromatic heterocycles. The van der Waals surface area contributed by atoms with Crippen LogP contribution in [0.1, 0.15) is 134 Å². The van der Waals surface area contributed by atoms with Gasteiger partial charge in [0.25, 0.3) is 0 Å². The number of ketones is 1. The number of hydrogen-bond acceptors (Lipinski definition) is 4. The zero-order valence-electron chi connectivity index (χ0n) is 36.1. The van der Waals surface area contributed by atoms with Crippen LogP contribution in [0.4, 0.5) is 4.79 Å². The molecule has 0 saturated heterocycles. The number of carbonyl (C=O) groups is 3. The average molecular weight is 816 g/mol. The van der Waals surface area contributed by atoms with Gasteiger partial charge in [0.1, 0.15) is 0 Å². The first kappa shape index (κ1) is 45.1. The Morgan fingerprint density at radius 1 is 0.717 bits per heavy atom. The van der Waals surface area contributed by atoms with Crippen LogP contribution in [0.25, 0.3) is 10.9 Å². The lowest BCUT2D eigenvalue weighted by Gasteiger charge is -2.32. The van der Waals surface area contributed by atoms with Gasteiger partial charge in [0.05, 0.1) is 12.1 Å². The first-order valence-electron chi connectivity index (χ1n) is 23.7. The summed E-state index contributed by atoms with van der Waals surface area (Å²) in [7, 11) is 0. The molecule has 2 aromatic rings. The van der Waals surface area contributed by atoms with Crippen LogP contribution in [0.5, 0.6) is 0 Å². The highest BCUT2D eigenvalue weighted by molar-refractivity contribution is 5.93. The van der Waals surface area contributed by atoms with Crippen LogP contribution in [0.2, 0.25) is 0 Å². The molecule has 0 spiro atoms. The van der Waals surface area contributed by atoms with Crippen molar-refractivity contribution in [3.8, 4) is 0 Å². The number of rotatable bonds is 15. The maximum atomic E-state index is 14.6. The van der Waals surface area contributed by atoms with Crippen LogP contribution in [0, 0.1) is 23.7 Å². The van der Waals surface area contributed by atoms with E-state index < -0.39 is 18.1 Å². The van der Waals surface area contributed by atoms with Gasteiger partial charge in [-0.05, 0) is 106 Å². The number of amides is 3. The quantitative estimate of drug-likeness (QED) is 0.115. The highest BCUT2D eigenvalue weighted by Gasteiger charge is 2.35. The highest BCUT2D eigenvalue weighted by Crippen LogP contribution is 2.37. The van der Waals surface area contributed by atoms with Crippen molar-refractivity contribution in [1.82, 2.24) is 20.9 Å². The molecular formula is C52H73N5O3. The Morgan fingerprint density at radius 3 is 2.10 bits per heavy atom. The second-order valence-corrected chi connectivity index (χ2v) is 18.2. The van der Waals surface area contributed by atoms with E-state index in [0.717, 1.165) is 60.9 Å². The molecule has 4 aliphatic rings. The van der Waals surface area contributed by atoms with Crippen LogP contribution in [0.15, 0.2) is 103 Å². The summed E-state index contributed by atoms with van der Waals surface area (Å²) >= 11 is 0. The third-order valence-electron chi connectivity index (χ3n) is 13.7. The van der Waals surface area contributed by atoms with Crippen LogP contribution < -0.4 is 21.7 Å². The summed E-state index contributed by atoms with van der Waals surface area (Å²) in [5.41, 5.74) is 8.82. The van der Waals surface area contributed by atoms with Crippen molar-refractivity contribution in [1.29, 1.82) is 0 Å². The van der Waals surface area contributed by atoms with E-state index in [1.165, 1.54) is 82.6 Å². The lowest BCUT2D eigenvalue weighted by atomic mass is 9.75. The molecule has 3 fully saturated rings.